The molecule has 0 saturated carbocycles. The van der Waals surface area contributed by atoms with Gasteiger partial charge < -0.3 is 5.32 Å². The van der Waals surface area contributed by atoms with Gasteiger partial charge in [0.05, 0.1) is 6.54 Å². The Morgan fingerprint density at radius 2 is 2.25 bits per heavy atom. The lowest BCUT2D eigenvalue weighted by atomic mass is 10.1. The predicted octanol–water partition coefficient (Wildman–Crippen LogP) is 1.73. The van der Waals surface area contributed by atoms with E-state index in [-0.39, 0.29) is 5.91 Å². The average Bonchev–Trinajstić information content (AvgIpc) is 2.99. The molecule has 1 saturated heterocycles. The molecule has 1 N–H and O–H groups in total. The molecular weight excluding hydrogens is 270 g/mol. The third kappa shape index (κ3) is 4.16. The molecule has 1 fully saturated rings. The molecule has 0 unspecified atom stereocenters. The molecule has 2 rings (SSSR count). The molecule has 4 nitrogen and oxygen atoms in total. The molecule has 0 aromatic carbocycles. The topological polar surface area (TPSA) is 35.6 Å². The number of hydrogen-bond donors (Lipinski definition) is 1. The maximum absolute atomic E-state index is 11.7. The number of carbonyl (C=O) groups is 1. The second kappa shape index (κ2) is 7.57. The lowest BCUT2D eigenvalue weighted by Crippen LogP contribution is -2.49. The molecule has 0 bridgehead atoms. The average molecular weight is 293 g/mol. The Bertz CT molecular complexity index is 424. The van der Waals surface area contributed by atoms with Gasteiger partial charge in [0.1, 0.15) is 0 Å². The third-order valence-corrected chi connectivity index (χ3v) is 4.49. The van der Waals surface area contributed by atoms with E-state index in [0.717, 1.165) is 26.2 Å². The number of piperazine rings is 1. The minimum absolute atomic E-state index is 0.0873. The minimum Gasteiger partial charge on any atom is -0.352 e. The van der Waals surface area contributed by atoms with E-state index in [1.807, 2.05) is 0 Å². The number of rotatable bonds is 6. The zero-order chi connectivity index (χ0) is 14.4. The van der Waals surface area contributed by atoms with Crippen molar-refractivity contribution >= 4 is 17.2 Å². The molecule has 1 atom stereocenters. The summed E-state index contributed by atoms with van der Waals surface area (Å²) in [5.74, 6) is 0.0873. The Labute approximate surface area is 125 Å². The Morgan fingerprint density at radius 3 is 2.85 bits per heavy atom. The second-order valence-corrected chi connectivity index (χ2v) is 5.92. The van der Waals surface area contributed by atoms with Crippen molar-refractivity contribution < 1.29 is 4.79 Å². The van der Waals surface area contributed by atoms with Gasteiger partial charge in [-0.05, 0) is 29.3 Å². The summed E-state index contributed by atoms with van der Waals surface area (Å²) in [5.41, 5.74) is 1.40. The van der Waals surface area contributed by atoms with Crippen molar-refractivity contribution in [1.29, 1.82) is 0 Å². The van der Waals surface area contributed by atoms with E-state index < -0.39 is 0 Å². The first-order chi connectivity index (χ1) is 9.70. The highest BCUT2D eigenvalue weighted by molar-refractivity contribution is 7.07. The molecular formula is C15H23N3OS. The number of amides is 1. The van der Waals surface area contributed by atoms with Crippen molar-refractivity contribution in [2.24, 2.45) is 0 Å². The first kappa shape index (κ1) is 15.2. The first-order valence-corrected chi connectivity index (χ1v) is 8.01. The van der Waals surface area contributed by atoms with Crippen LogP contribution in [0.3, 0.4) is 0 Å². The standard InChI is InChI=1S/C15H23N3OS/c1-3-5-16-15(19)11-17-6-8-18(9-7-17)13(2)14-4-10-20-12-14/h3-4,10,12-13H,1,5-9,11H2,2H3,(H,16,19)/t13-/m0/s1. The van der Waals surface area contributed by atoms with Crippen molar-refractivity contribution in [3.8, 4) is 0 Å². The second-order valence-electron chi connectivity index (χ2n) is 5.14. The van der Waals surface area contributed by atoms with E-state index in [1.165, 1.54) is 5.56 Å². The lowest BCUT2D eigenvalue weighted by Gasteiger charge is -2.37. The number of thiophene rings is 1. The molecule has 0 spiro atoms. The van der Waals surface area contributed by atoms with E-state index in [9.17, 15) is 4.79 Å². The van der Waals surface area contributed by atoms with Crippen LogP contribution in [0, 0.1) is 0 Å². The lowest BCUT2D eigenvalue weighted by molar-refractivity contribution is -0.122. The van der Waals surface area contributed by atoms with Crippen molar-refractivity contribution in [3.05, 3.63) is 35.0 Å². The Kier molecular flexibility index (Phi) is 5.76. The monoisotopic (exact) mass is 293 g/mol. The van der Waals surface area contributed by atoms with Gasteiger partial charge in [0.15, 0.2) is 0 Å². The molecule has 5 heteroatoms. The number of nitrogens with one attached hydrogen (secondary N) is 1. The molecule has 20 heavy (non-hydrogen) atoms. The van der Waals surface area contributed by atoms with E-state index >= 15 is 0 Å². The third-order valence-electron chi connectivity index (χ3n) is 3.79. The fourth-order valence-electron chi connectivity index (χ4n) is 2.48. The zero-order valence-electron chi connectivity index (χ0n) is 12.0. The van der Waals surface area contributed by atoms with Gasteiger partial charge >= 0.3 is 0 Å². The van der Waals surface area contributed by atoms with Gasteiger partial charge in [-0.2, -0.15) is 11.3 Å². The summed E-state index contributed by atoms with van der Waals surface area (Å²) in [6.07, 6.45) is 1.71. The van der Waals surface area contributed by atoms with Crippen LogP contribution in [0.25, 0.3) is 0 Å². The van der Waals surface area contributed by atoms with Gasteiger partial charge in [0, 0.05) is 38.8 Å². The van der Waals surface area contributed by atoms with E-state index in [4.69, 9.17) is 0 Å². The SMILES string of the molecule is C=CCNC(=O)CN1CCN([C@@H](C)c2ccsc2)CC1. The molecule has 1 amide bonds. The van der Waals surface area contributed by atoms with Crippen molar-refractivity contribution in [3.63, 3.8) is 0 Å². The highest BCUT2D eigenvalue weighted by atomic mass is 32.1. The van der Waals surface area contributed by atoms with Crippen LogP contribution in [0.1, 0.15) is 18.5 Å². The molecule has 0 radical (unpaired) electrons. The van der Waals surface area contributed by atoms with Crippen LogP contribution < -0.4 is 5.32 Å². The van der Waals surface area contributed by atoms with Crippen LogP contribution in [0.5, 0.6) is 0 Å². The Hall–Kier alpha value is -1.17. The molecule has 1 aromatic heterocycles. The molecule has 110 valence electrons. The number of hydrogen-bond acceptors (Lipinski definition) is 4. The maximum atomic E-state index is 11.7. The highest BCUT2D eigenvalue weighted by Crippen LogP contribution is 2.23. The van der Waals surface area contributed by atoms with E-state index in [2.05, 4.69) is 45.4 Å². The number of carbonyl (C=O) groups excluding carboxylic acids is 1. The smallest absolute Gasteiger partial charge is 0.234 e. The van der Waals surface area contributed by atoms with Crippen LogP contribution in [0.2, 0.25) is 0 Å². The predicted molar refractivity (Wildman–Crippen MR) is 84.0 cm³/mol. The summed E-state index contributed by atoms with van der Waals surface area (Å²) in [4.78, 5) is 16.4. The summed E-state index contributed by atoms with van der Waals surface area (Å²) in [5, 5.41) is 7.18. The van der Waals surface area contributed by atoms with Gasteiger partial charge in [-0.15, -0.1) is 6.58 Å². The first-order valence-electron chi connectivity index (χ1n) is 7.07. The van der Waals surface area contributed by atoms with Crippen molar-refractivity contribution in [2.75, 3.05) is 39.3 Å². The highest BCUT2D eigenvalue weighted by Gasteiger charge is 2.23. The van der Waals surface area contributed by atoms with Crippen molar-refractivity contribution in [2.45, 2.75) is 13.0 Å². The van der Waals surface area contributed by atoms with Crippen LogP contribution in [0.4, 0.5) is 0 Å². The fraction of sp³-hybridized carbons (Fsp3) is 0.533. The zero-order valence-corrected chi connectivity index (χ0v) is 12.9. The molecule has 1 aliphatic heterocycles. The summed E-state index contributed by atoms with van der Waals surface area (Å²) in [7, 11) is 0. The largest absolute Gasteiger partial charge is 0.352 e. The number of nitrogens with zero attached hydrogens (tertiary/aromatic N) is 2. The normalized spacial score (nSPS) is 18.6. The molecule has 1 aliphatic rings. The summed E-state index contributed by atoms with van der Waals surface area (Å²) in [6, 6.07) is 2.67. The minimum atomic E-state index is 0.0873. The van der Waals surface area contributed by atoms with E-state index in [0.29, 0.717) is 19.1 Å². The van der Waals surface area contributed by atoms with Crippen LogP contribution in [-0.4, -0.2) is 55.0 Å². The van der Waals surface area contributed by atoms with Crippen LogP contribution in [0.15, 0.2) is 29.5 Å². The quantitative estimate of drug-likeness (QED) is 0.811. The van der Waals surface area contributed by atoms with Crippen LogP contribution in [-0.2, 0) is 4.79 Å². The molecule has 1 aromatic rings. The van der Waals surface area contributed by atoms with Gasteiger partial charge in [0.25, 0.3) is 0 Å². The fourth-order valence-corrected chi connectivity index (χ4v) is 3.22. The Balaban J connectivity index is 1.75. The summed E-state index contributed by atoms with van der Waals surface area (Å²) in [6.45, 7) is 10.8. The van der Waals surface area contributed by atoms with E-state index in [1.54, 1.807) is 17.4 Å². The van der Waals surface area contributed by atoms with Gasteiger partial charge in [-0.3, -0.25) is 14.6 Å². The Morgan fingerprint density at radius 1 is 1.50 bits per heavy atom. The summed E-state index contributed by atoms with van der Waals surface area (Å²) >= 11 is 1.75. The van der Waals surface area contributed by atoms with Gasteiger partial charge in [0.2, 0.25) is 5.91 Å². The van der Waals surface area contributed by atoms with Crippen LogP contribution >= 0.6 is 11.3 Å². The maximum Gasteiger partial charge on any atom is 0.234 e. The molecule has 2 heterocycles. The van der Waals surface area contributed by atoms with Crippen molar-refractivity contribution in [1.82, 2.24) is 15.1 Å². The molecule has 0 aliphatic carbocycles. The summed E-state index contributed by atoms with van der Waals surface area (Å²) < 4.78 is 0. The van der Waals surface area contributed by atoms with Gasteiger partial charge in [-0.1, -0.05) is 6.08 Å². The van der Waals surface area contributed by atoms with Gasteiger partial charge in [-0.25, -0.2) is 0 Å².